The topological polar surface area (TPSA) is 114 Å². The Balaban J connectivity index is 1.65. The van der Waals surface area contributed by atoms with E-state index < -0.39 is 24.4 Å². The number of carbonyl (C=O) groups excluding carboxylic acids is 4. The number of hydrogen-bond acceptors (Lipinski definition) is 5. The number of nitrogens with one attached hydrogen (secondary N) is 3. The lowest BCUT2D eigenvalue weighted by Crippen LogP contribution is -2.43. The number of carbonyl (C=O) groups is 4. The number of benzene rings is 2. The Morgan fingerprint density at radius 1 is 0.694 bits per heavy atom. The first-order valence-electron chi connectivity index (χ1n) is 12.7. The second-order valence-corrected chi connectivity index (χ2v) is 8.65. The van der Waals surface area contributed by atoms with Crippen LogP contribution in [0.1, 0.15) is 91.8 Å². The molecule has 0 unspecified atom stereocenters. The summed E-state index contributed by atoms with van der Waals surface area (Å²) >= 11 is 0. The molecule has 0 radical (unpaired) electrons. The summed E-state index contributed by atoms with van der Waals surface area (Å²) in [6, 6.07) is 14.7. The molecule has 8 nitrogen and oxygen atoms in total. The highest BCUT2D eigenvalue weighted by Gasteiger charge is 2.13. The first-order chi connectivity index (χ1) is 17.5. The van der Waals surface area contributed by atoms with Crippen LogP contribution in [0, 0.1) is 0 Å². The average Bonchev–Trinajstić information content (AvgIpc) is 2.90. The van der Waals surface area contributed by atoms with Crippen molar-refractivity contribution in [2.75, 3.05) is 11.9 Å². The number of rotatable bonds is 15. The summed E-state index contributed by atoms with van der Waals surface area (Å²) in [6.07, 6.45) is 11.1. The van der Waals surface area contributed by atoms with Crippen molar-refractivity contribution in [3.63, 3.8) is 0 Å². The highest BCUT2D eigenvalue weighted by atomic mass is 16.5. The molecule has 0 aliphatic rings. The third-order valence-electron chi connectivity index (χ3n) is 5.58. The minimum absolute atomic E-state index is 0.100. The van der Waals surface area contributed by atoms with E-state index in [2.05, 4.69) is 23.1 Å². The molecular formula is C28H37N3O5. The maximum Gasteiger partial charge on any atom is 0.338 e. The van der Waals surface area contributed by atoms with E-state index in [0.717, 1.165) is 19.3 Å². The standard InChI is InChI=1S/C28H37N3O5/c1-2-3-4-5-6-7-8-9-13-19-25(32)29-24-18-14-17-23(20-24)28(35)36-21-26(33)30-31-27(34)22-15-11-10-12-16-22/h10-12,14-18,20H,2-9,13,19,21H2,1H3,(H,29,32)(H,30,33)(H,31,34). The van der Waals surface area contributed by atoms with Crippen molar-refractivity contribution >= 4 is 29.4 Å². The van der Waals surface area contributed by atoms with E-state index in [1.54, 1.807) is 42.5 Å². The SMILES string of the molecule is CCCCCCCCCCCC(=O)Nc1cccc(C(=O)OCC(=O)NNC(=O)c2ccccc2)c1. The molecule has 0 aliphatic carbocycles. The summed E-state index contributed by atoms with van der Waals surface area (Å²) in [6.45, 7) is 1.65. The van der Waals surface area contributed by atoms with E-state index in [-0.39, 0.29) is 11.5 Å². The Kier molecular flexibility index (Phi) is 13.4. The van der Waals surface area contributed by atoms with E-state index in [9.17, 15) is 19.2 Å². The van der Waals surface area contributed by atoms with Gasteiger partial charge in [0.1, 0.15) is 0 Å². The van der Waals surface area contributed by atoms with Gasteiger partial charge in [-0.3, -0.25) is 25.2 Å². The Morgan fingerprint density at radius 2 is 1.33 bits per heavy atom. The predicted octanol–water partition coefficient (Wildman–Crippen LogP) is 5.16. The van der Waals surface area contributed by atoms with Gasteiger partial charge in [-0.2, -0.15) is 0 Å². The Labute approximate surface area is 213 Å². The molecule has 36 heavy (non-hydrogen) atoms. The lowest BCUT2D eigenvalue weighted by Gasteiger charge is -2.09. The van der Waals surface area contributed by atoms with E-state index >= 15 is 0 Å². The van der Waals surface area contributed by atoms with Crippen molar-refractivity contribution < 1.29 is 23.9 Å². The molecule has 2 rings (SSSR count). The second kappa shape index (κ2) is 16.9. The van der Waals surface area contributed by atoms with Crippen LogP contribution in [0.15, 0.2) is 54.6 Å². The molecule has 0 saturated carbocycles. The molecule has 194 valence electrons. The molecule has 0 fully saturated rings. The third kappa shape index (κ3) is 11.6. The van der Waals surface area contributed by atoms with Crippen molar-refractivity contribution in [1.29, 1.82) is 0 Å². The number of anilines is 1. The summed E-state index contributed by atoms with van der Waals surface area (Å²) in [5.74, 6) is -1.98. The van der Waals surface area contributed by atoms with Crippen LogP contribution < -0.4 is 16.2 Å². The first-order valence-corrected chi connectivity index (χ1v) is 12.7. The van der Waals surface area contributed by atoms with Gasteiger partial charge < -0.3 is 10.1 Å². The lowest BCUT2D eigenvalue weighted by molar-refractivity contribution is -0.125. The van der Waals surface area contributed by atoms with E-state index in [1.165, 1.54) is 50.7 Å². The third-order valence-corrected chi connectivity index (χ3v) is 5.58. The van der Waals surface area contributed by atoms with Gasteiger partial charge >= 0.3 is 5.97 Å². The van der Waals surface area contributed by atoms with E-state index in [1.807, 2.05) is 0 Å². The summed E-state index contributed by atoms with van der Waals surface area (Å²) in [7, 11) is 0. The van der Waals surface area contributed by atoms with Crippen LogP contribution in [0.25, 0.3) is 0 Å². The van der Waals surface area contributed by atoms with Crippen molar-refractivity contribution in [3.8, 4) is 0 Å². The molecule has 0 aliphatic heterocycles. The number of unbranched alkanes of at least 4 members (excludes halogenated alkanes) is 8. The summed E-state index contributed by atoms with van der Waals surface area (Å²) < 4.78 is 5.01. The van der Waals surface area contributed by atoms with Gasteiger partial charge in [-0.25, -0.2) is 4.79 Å². The minimum atomic E-state index is -0.713. The molecule has 2 aromatic rings. The van der Waals surface area contributed by atoms with Gasteiger partial charge in [-0.1, -0.05) is 82.6 Å². The van der Waals surface area contributed by atoms with Gasteiger partial charge in [0, 0.05) is 17.7 Å². The smallest absolute Gasteiger partial charge is 0.338 e. The molecule has 0 saturated heterocycles. The molecule has 2 aromatic carbocycles. The molecule has 3 N–H and O–H groups in total. The maximum absolute atomic E-state index is 12.3. The molecule has 0 spiro atoms. The van der Waals surface area contributed by atoms with Gasteiger partial charge in [0.25, 0.3) is 11.8 Å². The van der Waals surface area contributed by atoms with Crippen molar-refractivity contribution in [2.45, 2.75) is 71.1 Å². The molecule has 0 bridgehead atoms. The van der Waals surface area contributed by atoms with Crippen LogP contribution in [0.5, 0.6) is 0 Å². The minimum Gasteiger partial charge on any atom is -0.452 e. The average molecular weight is 496 g/mol. The van der Waals surface area contributed by atoms with Crippen LogP contribution in [0.2, 0.25) is 0 Å². The highest BCUT2D eigenvalue weighted by Crippen LogP contribution is 2.14. The summed E-state index contributed by atoms with van der Waals surface area (Å²) in [5.41, 5.74) is 5.53. The fourth-order valence-electron chi connectivity index (χ4n) is 3.58. The van der Waals surface area contributed by atoms with Crippen LogP contribution in [-0.2, 0) is 14.3 Å². The zero-order chi connectivity index (χ0) is 26.0. The van der Waals surface area contributed by atoms with E-state index in [0.29, 0.717) is 17.7 Å². The largest absolute Gasteiger partial charge is 0.452 e. The van der Waals surface area contributed by atoms with Crippen molar-refractivity contribution in [3.05, 3.63) is 65.7 Å². The Hall–Kier alpha value is -3.68. The number of amides is 3. The first kappa shape index (κ1) is 28.6. The summed E-state index contributed by atoms with van der Waals surface area (Å²) in [4.78, 5) is 48.3. The molecule has 0 atom stereocenters. The lowest BCUT2D eigenvalue weighted by atomic mass is 10.1. The van der Waals surface area contributed by atoms with Crippen LogP contribution in [0.3, 0.4) is 0 Å². The van der Waals surface area contributed by atoms with Gasteiger partial charge in [0.05, 0.1) is 5.56 Å². The molecule has 0 heterocycles. The fraction of sp³-hybridized carbons (Fsp3) is 0.429. The quantitative estimate of drug-likeness (QED) is 0.179. The van der Waals surface area contributed by atoms with Gasteiger partial charge in [-0.15, -0.1) is 0 Å². The predicted molar refractivity (Wildman–Crippen MR) is 139 cm³/mol. The molecule has 3 amide bonds. The van der Waals surface area contributed by atoms with Crippen LogP contribution >= 0.6 is 0 Å². The number of esters is 1. The highest BCUT2D eigenvalue weighted by molar-refractivity contribution is 5.97. The Bertz CT molecular complexity index is 978. The van der Waals surface area contributed by atoms with Crippen molar-refractivity contribution in [2.24, 2.45) is 0 Å². The zero-order valence-corrected chi connectivity index (χ0v) is 21.0. The number of hydrazine groups is 1. The second-order valence-electron chi connectivity index (χ2n) is 8.65. The van der Waals surface area contributed by atoms with E-state index in [4.69, 9.17) is 4.74 Å². The van der Waals surface area contributed by atoms with Crippen LogP contribution in [-0.4, -0.2) is 30.3 Å². The molecule has 0 aromatic heterocycles. The molecule has 8 heteroatoms. The Morgan fingerprint density at radius 3 is 2.03 bits per heavy atom. The van der Waals surface area contributed by atoms with Crippen molar-refractivity contribution in [1.82, 2.24) is 10.9 Å². The van der Waals surface area contributed by atoms with Gasteiger partial charge in [0.2, 0.25) is 5.91 Å². The molecular weight excluding hydrogens is 458 g/mol. The van der Waals surface area contributed by atoms with Gasteiger partial charge in [-0.05, 0) is 36.8 Å². The fourth-order valence-corrected chi connectivity index (χ4v) is 3.58. The normalized spacial score (nSPS) is 10.4. The zero-order valence-electron chi connectivity index (χ0n) is 21.0. The number of ether oxygens (including phenoxy) is 1. The van der Waals surface area contributed by atoms with Crippen LogP contribution in [0.4, 0.5) is 5.69 Å². The van der Waals surface area contributed by atoms with Gasteiger partial charge in [0.15, 0.2) is 6.61 Å². The summed E-state index contributed by atoms with van der Waals surface area (Å²) in [5, 5.41) is 2.80. The number of hydrogen-bond donors (Lipinski definition) is 3. The maximum atomic E-state index is 12.3. The monoisotopic (exact) mass is 495 g/mol.